The number of nitrogens with one attached hydrogen (secondary N) is 1. The fraction of sp³-hybridized carbons (Fsp3) is 0.133. The zero-order valence-corrected chi connectivity index (χ0v) is 12.3. The fourth-order valence-electron chi connectivity index (χ4n) is 1.95. The number of nitrogens with zero attached hydrogens (tertiary/aromatic N) is 3. The minimum Gasteiger partial charge on any atom is -0.435 e. The number of halogens is 1. The van der Waals surface area contributed by atoms with Crippen LogP contribution < -0.4 is 10.1 Å². The molecule has 106 valence electrons. The Morgan fingerprint density at radius 1 is 1.14 bits per heavy atom. The predicted molar refractivity (Wildman–Crippen MR) is 83.1 cm³/mol. The van der Waals surface area contributed by atoms with E-state index in [0.717, 1.165) is 16.6 Å². The van der Waals surface area contributed by atoms with Crippen LogP contribution in [0.15, 0.2) is 36.5 Å². The van der Waals surface area contributed by atoms with Crippen molar-refractivity contribution < 1.29 is 4.74 Å². The molecule has 3 rings (SSSR count). The van der Waals surface area contributed by atoms with Gasteiger partial charge in [0.2, 0.25) is 11.8 Å². The fourth-order valence-corrected chi connectivity index (χ4v) is 2.08. The van der Waals surface area contributed by atoms with Gasteiger partial charge in [-0.3, -0.25) is 0 Å². The van der Waals surface area contributed by atoms with Crippen LogP contribution in [-0.2, 0) is 0 Å². The minimum absolute atomic E-state index is 0.298. The summed E-state index contributed by atoms with van der Waals surface area (Å²) in [6, 6.07) is 9.69. The molecule has 0 aliphatic carbocycles. The van der Waals surface area contributed by atoms with Crippen LogP contribution in [0.1, 0.15) is 5.69 Å². The van der Waals surface area contributed by atoms with Crippen molar-refractivity contribution in [1.82, 2.24) is 15.0 Å². The number of aromatic nitrogens is 3. The van der Waals surface area contributed by atoms with Crippen LogP contribution in [-0.4, -0.2) is 22.0 Å². The largest absolute Gasteiger partial charge is 0.435 e. The van der Waals surface area contributed by atoms with Crippen molar-refractivity contribution >= 4 is 28.5 Å². The molecule has 0 amide bonds. The quantitative estimate of drug-likeness (QED) is 0.797. The van der Waals surface area contributed by atoms with Crippen LogP contribution in [0.4, 0.5) is 5.95 Å². The number of pyridine rings is 1. The Morgan fingerprint density at radius 2 is 2.00 bits per heavy atom. The second-order valence-corrected chi connectivity index (χ2v) is 4.89. The molecule has 0 aliphatic heterocycles. The Hall–Kier alpha value is -2.40. The smallest absolute Gasteiger partial charge is 0.243 e. The summed E-state index contributed by atoms with van der Waals surface area (Å²) in [7, 11) is 1.73. The number of rotatable bonds is 3. The van der Waals surface area contributed by atoms with Crippen molar-refractivity contribution in [3.8, 4) is 11.6 Å². The molecule has 3 aromatic rings. The highest BCUT2D eigenvalue weighted by atomic mass is 35.5. The molecule has 21 heavy (non-hydrogen) atoms. The lowest BCUT2D eigenvalue weighted by molar-refractivity contribution is 0.467. The molecule has 0 fully saturated rings. The SMILES string of the molecule is CNc1ncc(Cl)c(Oc2cccc3ccc(C)nc23)n1. The lowest BCUT2D eigenvalue weighted by Crippen LogP contribution is -1.99. The van der Waals surface area contributed by atoms with Gasteiger partial charge in [-0.2, -0.15) is 4.98 Å². The van der Waals surface area contributed by atoms with E-state index >= 15 is 0 Å². The Kier molecular flexibility index (Phi) is 3.58. The summed E-state index contributed by atoms with van der Waals surface area (Å²) in [6.07, 6.45) is 1.50. The highest BCUT2D eigenvalue weighted by Gasteiger charge is 2.10. The van der Waals surface area contributed by atoms with Crippen LogP contribution in [0.2, 0.25) is 5.02 Å². The van der Waals surface area contributed by atoms with Gasteiger partial charge >= 0.3 is 0 Å². The third-order valence-electron chi connectivity index (χ3n) is 2.96. The predicted octanol–water partition coefficient (Wildman–Crippen LogP) is 3.82. The molecule has 0 bridgehead atoms. The van der Waals surface area contributed by atoms with Crippen molar-refractivity contribution in [2.24, 2.45) is 0 Å². The van der Waals surface area contributed by atoms with Gasteiger partial charge in [0, 0.05) is 18.1 Å². The third kappa shape index (κ3) is 2.73. The Labute approximate surface area is 127 Å². The molecule has 0 aliphatic rings. The van der Waals surface area contributed by atoms with Crippen LogP contribution in [0.5, 0.6) is 11.6 Å². The molecule has 1 N–H and O–H groups in total. The van der Waals surface area contributed by atoms with Crippen molar-refractivity contribution in [3.63, 3.8) is 0 Å². The lowest BCUT2D eigenvalue weighted by atomic mass is 10.2. The molecule has 0 spiro atoms. The molecule has 0 radical (unpaired) electrons. The van der Waals surface area contributed by atoms with Gasteiger partial charge in [-0.25, -0.2) is 9.97 Å². The molecule has 0 atom stereocenters. The van der Waals surface area contributed by atoms with Crippen molar-refractivity contribution in [2.45, 2.75) is 6.92 Å². The summed E-state index contributed by atoms with van der Waals surface area (Å²) in [6.45, 7) is 1.94. The second-order valence-electron chi connectivity index (χ2n) is 4.48. The van der Waals surface area contributed by atoms with Gasteiger partial charge < -0.3 is 10.1 Å². The highest BCUT2D eigenvalue weighted by molar-refractivity contribution is 6.31. The van der Waals surface area contributed by atoms with E-state index in [-0.39, 0.29) is 0 Å². The third-order valence-corrected chi connectivity index (χ3v) is 3.22. The molecule has 0 unspecified atom stereocenters. The van der Waals surface area contributed by atoms with Gasteiger partial charge in [-0.15, -0.1) is 0 Å². The van der Waals surface area contributed by atoms with Crippen molar-refractivity contribution in [3.05, 3.63) is 47.2 Å². The van der Waals surface area contributed by atoms with Crippen molar-refractivity contribution in [1.29, 1.82) is 0 Å². The van der Waals surface area contributed by atoms with Crippen LogP contribution in [0, 0.1) is 6.92 Å². The summed E-state index contributed by atoms with van der Waals surface area (Å²) < 4.78 is 5.83. The molecule has 2 heterocycles. The number of hydrogen-bond acceptors (Lipinski definition) is 5. The Balaban J connectivity index is 2.08. The molecule has 1 aromatic carbocycles. The molecule has 5 nitrogen and oxygen atoms in total. The first-order chi connectivity index (χ1) is 10.2. The van der Waals surface area contributed by atoms with Gasteiger partial charge in [0.05, 0.1) is 6.20 Å². The zero-order chi connectivity index (χ0) is 14.8. The molecule has 2 aromatic heterocycles. The highest BCUT2D eigenvalue weighted by Crippen LogP contribution is 2.31. The topological polar surface area (TPSA) is 59.9 Å². The number of ether oxygens (including phenoxy) is 1. The van der Waals surface area contributed by atoms with E-state index < -0.39 is 0 Å². The molecule has 6 heteroatoms. The summed E-state index contributed by atoms with van der Waals surface area (Å²) in [4.78, 5) is 12.8. The number of hydrogen-bond donors (Lipinski definition) is 1. The standard InChI is InChI=1S/C15H13ClN4O/c1-9-6-7-10-4-3-5-12(13(10)19-9)21-14-11(16)8-18-15(17-2)20-14/h3-8H,1-2H3,(H,17,18,20). The summed E-state index contributed by atoms with van der Waals surface area (Å²) in [5.41, 5.74) is 1.70. The minimum atomic E-state index is 0.298. The molecule has 0 saturated heterocycles. The van der Waals surface area contributed by atoms with Crippen LogP contribution in [0.3, 0.4) is 0 Å². The summed E-state index contributed by atoms with van der Waals surface area (Å²) >= 11 is 6.09. The maximum Gasteiger partial charge on any atom is 0.243 e. The first kappa shape index (κ1) is 13.6. The maximum absolute atomic E-state index is 6.09. The van der Waals surface area contributed by atoms with Gasteiger partial charge in [0.1, 0.15) is 10.5 Å². The number of aryl methyl sites for hydroxylation is 1. The number of benzene rings is 1. The monoisotopic (exact) mass is 300 g/mol. The normalized spacial score (nSPS) is 10.6. The van der Waals surface area contributed by atoms with Gasteiger partial charge in [0.25, 0.3) is 0 Å². The summed E-state index contributed by atoms with van der Waals surface area (Å²) in [5, 5.41) is 4.19. The van der Waals surface area contributed by atoms with E-state index in [1.807, 2.05) is 37.3 Å². The van der Waals surface area contributed by atoms with E-state index in [2.05, 4.69) is 20.3 Å². The zero-order valence-electron chi connectivity index (χ0n) is 11.6. The second kappa shape index (κ2) is 5.54. The number of para-hydroxylation sites is 1. The van der Waals surface area contributed by atoms with Gasteiger partial charge in [0.15, 0.2) is 5.75 Å². The van der Waals surface area contributed by atoms with E-state index in [0.29, 0.717) is 22.6 Å². The van der Waals surface area contributed by atoms with E-state index in [1.54, 1.807) is 7.05 Å². The summed E-state index contributed by atoms with van der Waals surface area (Å²) in [5.74, 6) is 1.35. The van der Waals surface area contributed by atoms with Crippen LogP contribution in [0.25, 0.3) is 10.9 Å². The Morgan fingerprint density at radius 3 is 2.81 bits per heavy atom. The van der Waals surface area contributed by atoms with Gasteiger partial charge in [-0.1, -0.05) is 29.8 Å². The van der Waals surface area contributed by atoms with Crippen LogP contribution >= 0.6 is 11.6 Å². The maximum atomic E-state index is 6.09. The number of anilines is 1. The average Bonchev–Trinajstić information content (AvgIpc) is 2.50. The first-order valence-electron chi connectivity index (χ1n) is 6.42. The lowest BCUT2D eigenvalue weighted by Gasteiger charge is -2.10. The molecular weight excluding hydrogens is 288 g/mol. The number of fused-ring (bicyclic) bond motifs is 1. The first-order valence-corrected chi connectivity index (χ1v) is 6.79. The van der Waals surface area contributed by atoms with E-state index in [9.17, 15) is 0 Å². The van der Waals surface area contributed by atoms with Crippen molar-refractivity contribution in [2.75, 3.05) is 12.4 Å². The average molecular weight is 301 g/mol. The van der Waals surface area contributed by atoms with E-state index in [4.69, 9.17) is 16.3 Å². The Bertz CT molecular complexity index is 807. The van der Waals surface area contributed by atoms with Gasteiger partial charge in [-0.05, 0) is 19.1 Å². The van der Waals surface area contributed by atoms with E-state index in [1.165, 1.54) is 6.20 Å². The molecular formula is C15H13ClN4O. The molecule has 0 saturated carbocycles.